The second-order valence-corrected chi connectivity index (χ2v) is 8.32. The molecule has 4 rings (SSSR count). The summed E-state index contributed by atoms with van der Waals surface area (Å²) in [5, 5.41) is 3.55. The van der Waals surface area contributed by atoms with Crippen LogP contribution in [0.1, 0.15) is 48.9 Å². The Balaban J connectivity index is 0.00000306. The van der Waals surface area contributed by atoms with E-state index in [1.807, 2.05) is 0 Å². The van der Waals surface area contributed by atoms with Crippen LogP contribution in [-0.2, 0) is 23.9 Å². The summed E-state index contributed by atoms with van der Waals surface area (Å²) < 4.78 is 80.8. The third kappa shape index (κ3) is 5.60. The highest BCUT2D eigenvalue weighted by Crippen LogP contribution is 2.41. The summed E-state index contributed by atoms with van der Waals surface area (Å²) in [5.41, 5.74) is 5.81. The van der Waals surface area contributed by atoms with Crippen molar-refractivity contribution in [2.75, 3.05) is 6.54 Å². The maximum Gasteiger partial charge on any atom is 0.453 e. The molecular weight excluding hydrogens is 476 g/mol. The number of hydrogen-bond donors (Lipinski definition) is 1. The zero-order valence-corrected chi connectivity index (χ0v) is 18.1. The van der Waals surface area contributed by atoms with Gasteiger partial charge in [-0.1, -0.05) is 12.8 Å². The Morgan fingerprint density at radius 1 is 1.12 bits per heavy atom. The Morgan fingerprint density at radius 3 is 2.42 bits per heavy atom. The first-order chi connectivity index (χ1) is 15.0. The SMILES string of the molecule is Cl.N[C@@H](CC(=O)N1CCn2nc(C(F)(F)F)nc2C1CC1CC1)Cc1cc(F)c(F)cc1F. The van der Waals surface area contributed by atoms with Gasteiger partial charge in [-0.05, 0) is 30.4 Å². The molecule has 1 saturated carbocycles. The molecule has 0 radical (unpaired) electrons. The molecule has 182 valence electrons. The van der Waals surface area contributed by atoms with Crippen molar-refractivity contribution in [1.29, 1.82) is 0 Å². The fourth-order valence-electron chi connectivity index (χ4n) is 4.00. The van der Waals surface area contributed by atoms with E-state index in [-0.39, 0.29) is 55.6 Å². The molecule has 2 N–H and O–H groups in total. The van der Waals surface area contributed by atoms with Crippen molar-refractivity contribution in [3.63, 3.8) is 0 Å². The van der Waals surface area contributed by atoms with Gasteiger partial charge in [0.05, 0.1) is 12.6 Å². The molecule has 2 aliphatic rings. The van der Waals surface area contributed by atoms with Crippen molar-refractivity contribution in [3.05, 3.63) is 46.8 Å². The number of carbonyl (C=O) groups is 1. The maximum absolute atomic E-state index is 13.9. The van der Waals surface area contributed by atoms with Gasteiger partial charge in [-0.25, -0.2) is 22.8 Å². The Kier molecular flexibility index (Phi) is 7.27. The number of amides is 1. The van der Waals surface area contributed by atoms with Crippen LogP contribution in [0.25, 0.3) is 0 Å². The predicted octanol–water partition coefficient (Wildman–Crippen LogP) is 3.78. The van der Waals surface area contributed by atoms with Gasteiger partial charge in [0.1, 0.15) is 11.6 Å². The minimum Gasteiger partial charge on any atom is -0.331 e. The van der Waals surface area contributed by atoms with Gasteiger partial charge in [0, 0.05) is 25.1 Å². The lowest BCUT2D eigenvalue weighted by Gasteiger charge is -2.36. The molecule has 1 aliphatic carbocycles. The molecule has 1 aromatic carbocycles. The number of fused-ring (bicyclic) bond motifs is 1. The Labute approximate surface area is 191 Å². The topological polar surface area (TPSA) is 77.0 Å². The Bertz CT molecular complexity index is 1030. The summed E-state index contributed by atoms with van der Waals surface area (Å²) in [6, 6.07) is -0.443. The molecule has 0 spiro atoms. The average molecular weight is 498 g/mol. The molecule has 2 heterocycles. The number of carbonyl (C=O) groups excluding carboxylic acids is 1. The molecule has 0 saturated heterocycles. The fourth-order valence-corrected chi connectivity index (χ4v) is 4.00. The lowest BCUT2D eigenvalue weighted by Crippen LogP contribution is -2.45. The quantitative estimate of drug-likeness (QED) is 0.487. The molecule has 1 unspecified atom stereocenters. The van der Waals surface area contributed by atoms with Gasteiger partial charge in [0.25, 0.3) is 5.82 Å². The third-order valence-electron chi connectivity index (χ3n) is 5.76. The molecule has 13 heteroatoms. The normalized spacial score (nSPS) is 19.1. The molecule has 1 aliphatic heterocycles. The van der Waals surface area contributed by atoms with Crippen LogP contribution in [0.3, 0.4) is 0 Å². The highest BCUT2D eigenvalue weighted by molar-refractivity contribution is 5.85. The Hall–Kier alpha value is -2.34. The standard InChI is InChI=1S/C20H21F6N5O.ClH/c21-13-9-15(23)14(22)7-11(13)6-12(27)8-17(32)30-3-4-31-18(16(30)5-10-1-2-10)28-19(29-31)20(24,25)26;/h7,9-10,12,16H,1-6,8,27H2;1H/t12-,16?;/m1./s1. The monoisotopic (exact) mass is 497 g/mol. The van der Waals surface area contributed by atoms with Crippen LogP contribution in [0, 0.1) is 23.4 Å². The van der Waals surface area contributed by atoms with Crippen LogP contribution in [0.4, 0.5) is 26.3 Å². The minimum absolute atomic E-state index is 0. The molecular formula is C20H22ClF6N5O. The summed E-state index contributed by atoms with van der Waals surface area (Å²) in [6.45, 7) is 0.189. The first-order valence-corrected chi connectivity index (χ1v) is 10.2. The van der Waals surface area contributed by atoms with Crippen molar-refractivity contribution >= 4 is 18.3 Å². The van der Waals surface area contributed by atoms with Crippen molar-refractivity contribution in [2.24, 2.45) is 11.7 Å². The summed E-state index contributed by atoms with van der Waals surface area (Å²) in [4.78, 5) is 18.1. The largest absolute Gasteiger partial charge is 0.453 e. The van der Waals surface area contributed by atoms with E-state index < -0.39 is 47.4 Å². The van der Waals surface area contributed by atoms with Gasteiger partial charge >= 0.3 is 6.18 Å². The highest BCUT2D eigenvalue weighted by atomic mass is 35.5. The lowest BCUT2D eigenvalue weighted by atomic mass is 10.0. The molecule has 33 heavy (non-hydrogen) atoms. The molecule has 1 fully saturated rings. The first kappa shape index (κ1) is 25.3. The summed E-state index contributed by atoms with van der Waals surface area (Å²) in [6.07, 6.45) is -2.82. The third-order valence-corrected chi connectivity index (χ3v) is 5.76. The number of alkyl halides is 3. The zero-order chi connectivity index (χ0) is 23.2. The number of hydrogen-bond acceptors (Lipinski definition) is 4. The summed E-state index contributed by atoms with van der Waals surface area (Å²) in [7, 11) is 0. The van der Waals surface area contributed by atoms with Crippen LogP contribution >= 0.6 is 12.4 Å². The Morgan fingerprint density at radius 2 is 1.79 bits per heavy atom. The molecule has 1 aromatic heterocycles. The number of benzene rings is 1. The van der Waals surface area contributed by atoms with E-state index >= 15 is 0 Å². The number of halogens is 7. The molecule has 1 amide bonds. The van der Waals surface area contributed by atoms with Crippen LogP contribution in [0.5, 0.6) is 0 Å². The number of aromatic nitrogens is 3. The molecule has 2 atom stereocenters. The van der Waals surface area contributed by atoms with Crippen LogP contribution in [-0.4, -0.2) is 38.2 Å². The number of nitrogens with two attached hydrogens (primary N) is 1. The van der Waals surface area contributed by atoms with E-state index in [2.05, 4.69) is 10.1 Å². The van der Waals surface area contributed by atoms with Crippen LogP contribution in [0.15, 0.2) is 12.1 Å². The van der Waals surface area contributed by atoms with Gasteiger partial charge in [0.2, 0.25) is 5.91 Å². The van der Waals surface area contributed by atoms with Crippen molar-refractivity contribution in [3.8, 4) is 0 Å². The number of rotatable bonds is 6. The van der Waals surface area contributed by atoms with E-state index in [0.717, 1.165) is 12.8 Å². The molecule has 0 bridgehead atoms. The average Bonchev–Trinajstić information content (AvgIpc) is 3.39. The second kappa shape index (κ2) is 9.49. The maximum atomic E-state index is 13.9. The van der Waals surface area contributed by atoms with Gasteiger partial charge in [-0.15, -0.1) is 17.5 Å². The van der Waals surface area contributed by atoms with Crippen molar-refractivity contribution in [1.82, 2.24) is 19.7 Å². The first-order valence-electron chi connectivity index (χ1n) is 10.2. The minimum atomic E-state index is -4.69. The zero-order valence-electron chi connectivity index (χ0n) is 17.3. The lowest BCUT2D eigenvalue weighted by molar-refractivity contribution is -0.145. The van der Waals surface area contributed by atoms with E-state index in [9.17, 15) is 31.1 Å². The van der Waals surface area contributed by atoms with E-state index in [4.69, 9.17) is 5.73 Å². The smallest absolute Gasteiger partial charge is 0.331 e. The molecule has 6 nitrogen and oxygen atoms in total. The van der Waals surface area contributed by atoms with E-state index in [1.54, 1.807) is 0 Å². The van der Waals surface area contributed by atoms with Gasteiger partial charge in [-0.3, -0.25) is 4.79 Å². The van der Waals surface area contributed by atoms with E-state index in [0.29, 0.717) is 18.6 Å². The van der Waals surface area contributed by atoms with Crippen LogP contribution < -0.4 is 5.73 Å². The fraction of sp³-hybridized carbons (Fsp3) is 0.550. The highest BCUT2D eigenvalue weighted by Gasteiger charge is 2.42. The summed E-state index contributed by atoms with van der Waals surface area (Å²) in [5.74, 6) is -4.80. The second-order valence-electron chi connectivity index (χ2n) is 8.32. The van der Waals surface area contributed by atoms with Gasteiger partial charge < -0.3 is 10.6 Å². The van der Waals surface area contributed by atoms with Crippen LogP contribution in [0.2, 0.25) is 0 Å². The summed E-state index contributed by atoms with van der Waals surface area (Å²) >= 11 is 0. The van der Waals surface area contributed by atoms with E-state index in [1.165, 1.54) is 9.58 Å². The van der Waals surface area contributed by atoms with Gasteiger partial charge in [-0.2, -0.15) is 13.2 Å². The van der Waals surface area contributed by atoms with Crippen molar-refractivity contribution < 1.29 is 31.1 Å². The predicted molar refractivity (Wildman–Crippen MR) is 107 cm³/mol. The van der Waals surface area contributed by atoms with Gasteiger partial charge in [0.15, 0.2) is 11.6 Å². The molecule has 2 aromatic rings. The van der Waals surface area contributed by atoms with Crippen molar-refractivity contribution in [2.45, 2.75) is 56.9 Å². The number of nitrogens with zero attached hydrogens (tertiary/aromatic N) is 4.